The number of nitrogens with one attached hydrogen (secondary N) is 2. The van der Waals surface area contributed by atoms with Gasteiger partial charge in [-0.2, -0.15) is 0 Å². The number of nitrogen functional groups attached to an aromatic ring is 1. The number of carbonyl (C=O) groups is 1. The minimum absolute atomic E-state index is 0.0484. The Kier molecular flexibility index (Phi) is 6.04. The summed E-state index contributed by atoms with van der Waals surface area (Å²) in [4.78, 5) is 30.4. The third-order valence-corrected chi connectivity index (χ3v) is 4.20. The average Bonchev–Trinajstić information content (AvgIpc) is 3.16. The number of anilines is 1. The first-order chi connectivity index (χ1) is 13.1. The van der Waals surface area contributed by atoms with Gasteiger partial charge in [0.25, 0.3) is 5.56 Å². The van der Waals surface area contributed by atoms with E-state index in [2.05, 4.69) is 15.3 Å². The van der Waals surface area contributed by atoms with Crippen molar-refractivity contribution in [3.05, 3.63) is 82.3 Å². The maximum absolute atomic E-state index is 12.4. The molecular weight excluding hydrogens is 344 g/mol. The topological polar surface area (TPSA) is 114 Å². The van der Waals surface area contributed by atoms with E-state index < -0.39 is 0 Å². The molecule has 27 heavy (non-hydrogen) atoms. The number of amides is 1. The zero-order valence-corrected chi connectivity index (χ0v) is 14.9. The molecule has 0 aliphatic rings. The van der Waals surface area contributed by atoms with Crippen LogP contribution >= 0.6 is 0 Å². The van der Waals surface area contributed by atoms with Gasteiger partial charge in [-0.05, 0) is 24.1 Å². The molecule has 0 radical (unpaired) electrons. The molecule has 1 aromatic carbocycles. The van der Waals surface area contributed by atoms with E-state index in [0.29, 0.717) is 31.6 Å². The smallest absolute Gasteiger partial charge is 0.252 e. The number of nitrogens with two attached hydrogens (primary N) is 1. The van der Waals surface area contributed by atoms with Gasteiger partial charge < -0.3 is 20.5 Å². The van der Waals surface area contributed by atoms with Gasteiger partial charge in [-0.25, -0.2) is 4.98 Å². The molecular formula is C20H22N4O3. The predicted octanol–water partition coefficient (Wildman–Crippen LogP) is 2.02. The van der Waals surface area contributed by atoms with Crippen LogP contribution in [0, 0.1) is 0 Å². The number of rotatable bonds is 8. The number of hydrogen-bond donors (Lipinski definition) is 3. The molecule has 0 aliphatic heterocycles. The summed E-state index contributed by atoms with van der Waals surface area (Å²) in [6, 6.07) is 14.9. The Morgan fingerprint density at radius 1 is 1.22 bits per heavy atom. The number of H-pyrrole nitrogens is 1. The second-order valence-corrected chi connectivity index (χ2v) is 6.32. The molecule has 7 heteroatoms. The Labute approximate surface area is 156 Å². The molecule has 3 aromatic rings. The van der Waals surface area contributed by atoms with Crippen molar-refractivity contribution in [3.63, 3.8) is 0 Å². The fraction of sp³-hybridized carbons (Fsp3) is 0.250. The van der Waals surface area contributed by atoms with E-state index in [9.17, 15) is 9.59 Å². The van der Waals surface area contributed by atoms with Crippen LogP contribution in [0.25, 0.3) is 0 Å². The van der Waals surface area contributed by atoms with E-state index in [1.54, 1.807) is 6.26 Å². The van der Waals surface area contributed by atoms with Crippen LogP contribution in [0.15, 0.2) is 64.0 Å². The predicted molar refractivity (Wildman–Crippen MR) is 102 cm³/mol. The molecule has 1 atom stereocenters. The molecule has 7 nitrogen and oxygen atoms in total. The van der Waals surface area contributed by atoms with E-state index in [1.807, 2.05) is 42.5 Å². The third kappa shape index (κ3) is 5.57. The Hall–Kier alpha value is -3.35. The summed E-state index contributed by atoms with van der Waals surface area (Å²) in [7, 11) is 0. The summed E-state index contributed by atoms with van der Waals surface area (Å²) in [5.74, 6) is 1.27. The lowest BCUT2D eigenvalue weighted by molar-refractivity contribution is -0.121. The fourth-order valence-electron chi connectivity index (χ4n) is 2.96. The molecule has 2 aromatic heterocycles. The Balaban J connectivity index is 1.57. The third-order valence-electron chi connectivity index (χ3n) is 4.20. The summed E-state index contributed by atoms with van der Waals surface area (Å²) in [6.07, 6.45) is 3.04. The van der Waals surface area contributed by atoms with Crippen molar-refractivity contribution in [1.82, 2.24) is 15.3 Å². The van der Waals surface area contributed by atoms with E-state index in [-0.39, 0.29) is 23.2 Å². The van der Waals surface area contributed by atoms with Gasteiger partial charge in [0.1, 0.15) is 17.4 Å². The van der Waals surface area contributed by atoms with E-state index in [0.717, 1.165) is 11.3 Å². The summed E-state index contributed by atoms with van der Waals surface area (Å²) in [5.41, 5.74) is 6.40. The summed E-state index contributed by atoms with van der Waals surface area (Å²) < 4.78 is 5.53. The second kappa shape index (κ2) is 8.84. The summed E-state index contributed by atoms with van der Waals surface area (Å²) >= 11 is 0. The number of carbonyl (C=O) groups excluding carboxylic acids is 1. The standard InChI is InChI=1S/C20H22N4O3/c21-17-13-20(26)24-18(23-17)8-9-22-19(25)12-15(16-7-4-10-27-16)11-14-5-2-1-3-6-14/h1-7,10,13,15H,8-9,11-12H2,(H,22,25)(H3,21,23,24,26). The number of furan rings is 1. The molecule has 1 unspecified atom stereocenters. The van der Waals surface area contributed by atoms with Crippen LogP contribution in [-0.2, 0) is 17.6 Å². The lowest BCUT2D eigenvalue weighted by atomic mass is 9.93. The van der Waals surface area contributed by atoms with Crippen molar-refractivity contribution in [2.45, 2.75) is 25.2 Å². The lowest BCUT2D eigenvalue weighted by Crippen LogP contribution is -2.28. The quantitative estimate of drug-likeness (QED) is 0.564. The Morgan fingerprint density at radius 2 is 2.04 bits per heavy atom. The lowest BCUT2D eigenvalue weighted by Gasteiger charge is -2.15. The molecule has 2 heterocycles. The summed E-state index contributed by atoms with van der Waals surface area (Å²) in [5, 5.41) is 2.86. The average molecular weight is 366 g/mol. The van der Waals surface area contributed by atoms with Crippen molar-refractivity contribution >= 4 is 11.7 Å². The first-order valence-electron chi connectivity index (χ1n) is 8.80. The zero-order chi connectivity index (χ0) is 19.1. The first kappa shape index (κ1) is 18.4. The van der Waals surface area contributed by atoms with Gasteiger partial charge in [-0.15, -0.1) is 0 Å². The van der Waals surface area contributed by atoms with Crippen LogP contribution in [0.5, 0.6) is 0 Å². The van der Waals surface area contributed by atoms with E-state index in [4.69, 9.17) is 10.2 Å². The van der Waals surface area contributed by atoms with Crippen LogP contribution < -0.4 is 16.6 Å². The number of nitrogens with zero attached hydrogens (tertiary/aromatic N) is 1. The monoisotopic (exact) mass is 366 g/mol. The van der Waals surface area contributed by atoms with E-state index >= 15 is 0 Å². The molecule has 0 aliphatic carbocycles. The molecule has 3 rings (SSSR count). The molecule has 4 N–H and O–H groups in total. The molecule has 1 amide bonds. The number of aromatic nitrogens is 2. The summed E-state index contributed by atoms with van der Waals surface area (Å²) in [6.45, 7) is 0.363. The molecule has 0 bridgehead atoms. The van der Waals surface area contributed by atoms with Crippen LogP contribution in [0.1, 0.15) is 29.5 Å². The molecule has 0 saturated heterocycles. The van der Waals surface area contributed by atoms with E-state index in [1.165, 1.54) is 6.07 Å². The van der Waals surface area contributed by atoms with Gasteiger partial charge in [0.15, 0.2) is 0 Å². The Morgan fingerprint density at radius 3 is 2.74 bits per heavy atom. The number of aromatic amines is 1. The number of hydrogen-bond acceptors (Lipinski definition) is 5. The first-order valence-corrected chi connectivity index (χ1v) is 8.80. The van der Waals surface area contributed by atoms with Gasteiger partial charge in [0.2, 0.25) is 5.91 Å². The highest BCUT2D eigenvalue weighted by Crippen LogP contribution is 2.24. The fourth-order valence-corrected chi connectivity index (χ4v) is 2.96. The van der Waals surface area contributed by atoms with Crippen LogP contribution in [-0.4, -0.2) is 22.4 Å². The normalized spacial score (nSPS) is 11.9. The maximum atomic E-state index is 12.4. The van der Waals surface area contributed by atoms with Gasteiger partial charge in [-0.3, -0.25) is 9.59 Å². The molecule has 0 fully saturated rings. The van der Waals surface area contributed by atoms with Crippen molar-refractivity contribution in [2.75, 3.05) is 12.3 Å². The van der Waals surface area contributed by atoms with Crippen LogP contribution in [0.4, 0.5) is 5.82 Å². The largest absolute Gasteiger partial charge is 0.469 e. The van der Waals surface area contributed by atoms with Crippen LogP contribution in [0.3, 0.4) is 0 Å². The van der Waals surface area contributed by atoms with Crippen molar-refractivity contribution < 1.29 is 9.21 Å². The molecule has 0 saturated carbocycles. The van der Waals surface area contributed by atoms with Crippen LogP contribution in [0.2, 0.25) is 0 Å². The highest BCUT2D eigenvalue weighted by molar-refractivity contribution is 5.76. The molecule has 0 spiro atoms. The van der Waals surface area contributed by atoms with Gasteiger partial charge in [0.05, 0.1) is 6.26 Å². The minimum Gasteiger partial charge on any atom is -0.469 e. The Bertz CT molecular complexity index is 920. The molecule has 140 valence electrons. The minimum atomic E-state index is -0.301. The SMILES string of the molecule is Nc1cc(=O)[nH]c(CCNC(=O)CC(Cc2ccccc2)c2ccco2)n1. The highest BCUT2D eigenvalue weighted by Gasteiger charge is 2.19. The zero-order valence-electron chi connectivity index (χ0n) is 14.9. The van der Waals surface area contributed by atoms with Crippen molar-refractivity contribution in [2.24, 2.45) is 0 Å². The maximum Gasteiger partial charge on any atom is 0.252 e. The van der Waals surface area contributed by atoms with Crippen molar-refractivity contribution in [3.8, 4) is 0 Å². The van der Waals surface area contributed by atoms with Gasteiger partial charge >= 0.3 is 0 Å². The highest BCUT2D eigenvalue weighted by atomic mass is 16.3. The second-order valence-electron chi connectivity index (χ2n) is 6.32. The van der Waals surface area contributed by atoms with Gasteiger partial charge in [-0.1, -0.05) is 30.3 Å². The number of benzene rings is 1. The van der Waals surface area contributed by atoms with Gasteiger partial charge in [0, 0.05) is 31.4 Å². The van der Waals surface area contributed by atoms with Crippen molar-refractivity contribution in [1.29, 1.82) is 0 Å².